The van der Waals surface area contributed by atoms with Gasteiger partial charge in [-0.2, -0.15) is 0 Å². The summed E-state index contributed by atoms with van der Waals surface area (Å²) in [4.78, 5) is 49.3. The third kappa shape index (κ3) is 5.83. The summed E-state index contributed by atoms with van der Waals surface area (Å²) in [5.74, 6) is -0.566. The molecule has 2 aliphatic rings. The molecule has 2 fully saturated rings. The Kier molecular flexibility index (Phi) is 7.91. The lowest BCUT2D eigenvalue weighted by molar-refractivity contribution is -0.133. The van der Waals surface area contributed by atoms with Gasteiger partial charge >= 0.3 is 6.09 Å². The Morgan fingerprint density at radius 1 is 1.22 bits per heavy atom. The fourth-order valence-electron chi connectivity index (χ4n) is 3.31. The standard InChI is InChI=1S/C17H28N4O5S/c1-4-26-17(25)21(3)16(24)12-6-8-27-15(12)20-14(23)11-5-7-18-13(9-11)19-10(2)22/h11-13,15,18H,4-9H2,1-3H3,(H,19,22)(H,20,23). The molecule has 27 heavy (non-hydrogen) atoms. The van der Waals surface area contributed by atoms with Crippen LogP contribution in [0.3, 0.4) is 0 Å². The lowest BCUT2D eigenvalue weighted by Crippen LogP contribution is -2.53. The number of hydrogen-bond acceptors (Lipinski definition) is 7. The van der Waals surface area contributed by atoms with Crippen molar-refractivity contribution < 1.29 is 23.9 Å². The van der Waals surface area contributed by atoms with Crippen LogP contribution in [0.4, 0.5) is 4.79 Å². The summed E-state index contributed by atoms with van der Waals surface area (Å²) >= 11 is 1.51. The molecule has 152 valence electrons. The van der Waals surface area contributed by atoms with E-state index in [1.807, 2.05) is 0 Å². The van der Waals surface area contributed by atoms with Gasteiger partial charge in [-0.05, 0) is 38.5 Å². The van der Waals surface area contributed by atoms with Crippen LogP contribution in [-0.4, -0.2) is 66.2 Å². The van der Waals surface area contributed by atoms with Crippen LogP contribution in [0.1, 0.15) is 33.1 Å². The molecule has 4 atom stereocenters. The molecule has 0 spiro atoms. The summed E-state index contributed by atoms with van der Waals surface area (Å²) < 4.78 is 4.87. The molecule has 4 unspecified atom stereocenters. The molecule has 0 aromatic carbocycles. The monoisotopic (exact) mass is 400 g/mol. The first-order valence-corrected chi connectivity index (χ1v) is 10.2. The molecule has 4 amide bonds. The summed E-state index contributed by atoms with van der Waals surface area (Å²) in [7, 11) is 1.40. The molecule has 0 radical (unpaired) electrons. The van der Waals surface area contributed by atoms with Crippen molar-refractivity contribution >= 4 is 35.6 Å². The van der Waals surface area contributed by atoms with E-state index in [9.17, 15) is 19.2 Å². The number of carbonyl (C=O) groups is 4. The highest BCUT2D eigenvalue weighted by Gasteiger charge is 2.39. The van der Waals surface area contributed by atoms with Gasteiger partial charge in [0.1, 0.15) is 0 Å². The fourth-order valence-corrected chi connectivity index (χ4v) is 4.64. The molecule has 2 rings (SSSR count). The molecule has 0 saturated carbocycles. The van der Waals surface area contributed by atoms with E-state index in [1.54, 1.807) is 6.92 Å². The molecule has 0 aromatic rings. The number of piperidine rings is 1. The van der Waals surface area contributed by atoms with Gasteiger partial charge in [0.15, 0.2) is 0 Å². The van der Waals surface area contributed by atoms with Crippen LogP contribution in [0.2, 0.25) is 0 Å². The quantitative estimate of drug-likeness (QED) is 0.606. The second kappa shape index (κ2) is 9.93. The highest BCUT2D eigenvalue weighted by atomic mass is 32.2. The maximum atomic E-state index is 12.7. The van der Waals surface area contributed by atoms with Gasteiger partial charge < -0.3 is 15.4 Å². The number of rotatable bonds is 5. The highest BCUT2D eigenvalue weighted by molar-refractivity contribution is 8.00. The number of thioether (sulfide) groups is 1. The molecule has 9 nitrogen and oxygen atoms in total. The summed E-state index contributed by atoms with van der Waals surface area (Å²) in [5, 5.41) is 8.54. The van der Waals surface area contributed by atoms with Crippen molar-refractivity contribution in [1.29, 1.82) is 0 Å². The van der Waals surface area contributed by atoms with E-state index < -0.39 is 12.0 Å². The largest absolute Gasteiger partial charge is 0.449 e. The Hall–Kier alpha value is -1.81. The van der Waals surface area contributed by atoms with Crippen LogP contribution in [0, 0.1) is 11.8 Å². The third-order valence-electron chi connectivity index (χ3n) is 4.72. The second-order valence-electron chi connectivity index (χ2n) is 6.72. The van der Waals surface area contributed by atoms with Gasteiger partial charge in [-0.3, -0.25) is 24.6 Å². The first kappa shape index (κ1) is 21.5. The maximum absolute atomic E-state index is 12.7. The molecular formula is C17H28N4O5S. The van der Waals surface area contributed by atoms with E-state index in [0.717, 1.165) is 10.7 Å². The van der Waals surface area contributed by atoms with Crippen molar-refractivity contribution in [1.82, 2.24) is 20.9 Å². The highest BCUT2D eigenvalue weighted by Crippen LogP contribution is 2.32. The second-order valence-corrected chi connectivity index (χ2v) is 7.97. The van der Waals surface area contributed by atoms with Crippen molar-refractivity contribution in [3.8, 4) is 0 Å². The number of hydrogen-bond donors (Lipinski definition) is 3. The van der Waals surface area contributed by atoms with E-state index >= 15 is 0 Å². The van der Waals surface area contributed by atoms with Crippen molar-refractivity contribution in [2.75, 3.05) is 26.0 Å². The van der Waals surface area contributed by atoms with Gasteiger partial charge in [0, 0.05) is 19.9 Å². The molecule has 2 heterocycles. The van der Waals surface area contributed by atoms with Crippen molar-refractivity contribution in [3.63, 3.8) is 0 Å². The molecule has 2 aliphatic heterocycles. The van der Waals surface area contributed by atoms with Crippen molar-refractivity contribution in [2.24, 2.45) is 11.8 Å². The average molecular weight is 401 g/mol. The number of nitrogens with one attached hydrogen (secondary N) is 3. The molecule has 0 aromatic heterocycles. The van der Waals surface area contributed by atoms with Crippen LogP contribution in [-0.2, 0) is 19.1 Å². The van der Waals surface area contributed by atoms with E-state index in [-0.39, 0.29) is 41.8 Å². The van der Waals surface area contributed by atoms with Gasteiger partial charge in [0.05, 0.1) is 24.1 Å². The zero-order chi connectivity index (χ0) is 20.0. The first-order chi connectivity index (χ1) is 12.8. The van der Waals surface area contributed by atoms with E-state index in [1.165, 1.54) is 25.7 Å². The Bertz CT molecular complexity index is 588. The maximum Gasteiger partial charge on any atom is 0.416 e. The molecule has 10 heteroatoms. The Balaban J connectivity index is 1.93. The number of nitrogens with zero attached hydrogens (tertiary/aromatic N) is 1. The van der Waals surface area contributed by atoms with Crippen molar-refractivity contribution in [3.05, 3.63) is 0 Å². The molecular weight excluding hydrogens is 372 g/mol. The van der Waals surface area contributed by atoms with Gasteiger partial charge in [-0.25, -0.2) is 4.79 Å². The molecule has 3 N–H and O–H groups in total. The third-order valence-corrected chi connectivity index (χ3v) is 5.99. The van der Waals surface area contributed by atoms with Gasteiger partial charge in [-0.15, -0.1) is 11.8 Å². The Morgan fingerprint density at radius 3 is 2.63 bits per heavy atom. The topological polar surface area (TPSA) is 117 Å². The minimum Gasteiger partial charge on any atom is -0.449 e. The summed E-state index contributed by atoms with van der Waals surface area (Å²) in [6.07, 6.45) is 0.862. The van der Waals surface area contributed by atoms with Crippen LogP contribution >= 0.6 is 11.8 Å². The predicted molar refractivity (Wildman–Crippen MR) is 101 cm³/mol. The predicted octanol–water partition coefficient (Wildman–Crippen LogP) is 0.259. The zero-order valence-corrected chi connectivity index (χ0v) is 16.8. The first-order valence-electron chi connectivity index (χ1n) is 9.20. The Morgan fingerprint density at radius 2 is 1.96 bits per heavy atom. The average Bonchev–Trinajstić information content (AvgIpc) is 3.08. The van der Waals surface area contributed by atoms with Crippen LogP contribution in [0.15, 0.2) is 0 Å². The van der Waals surface area contributed by atoms with E-state index in [2.05, 4.69) is 16.0 Å². The molecule has 0 bridgehead atoms. The smallest absolute Gasteiger partial charge is 0.416 e. The molecule has 0 aliphatic carbocycles. The lowest BCUT2D eigenvalue weighted by atomic mass is 9.94. The van der Waals surface area contributed by atoms with Gasteiger partial charge in [0.25, 0.3) is 0 Å². The van der Waals surface area contributed by atoms with Crippen molar-refractivity contribution in [2.45, 2.75) is 44.6 Å². The number of ether oxygens (including phenoxy) is 1. The van der Waals surface area contributed by atoms with Crippen LogP contribution in [0.5, 0.6) is 0 Å². The lowest BCUT2D eigenvalue weighted by Gasteiger charge is -2.31. The van der Waals surface area contributed by atoms with Crippen LogP contribution in [0.25, 0.3) is 0 Å². The number of carbonyl (C=O) groups excluding carboxylic acids is 4. The molecule has 2 saturated heterocycles. The SMILES string of the molecule is CCOC(=O)N(C)C(=O)C1CCSC1NC(=O)C1CCNC(NC(C)=O)C1. The summed E-state index contributed by atoms with van der Waals surface area (Å²) in [5.41, 5.74) is 0. The summed E-state index contributed by atoms with van der Waals surface area (Å²) in [6, 6.07) is 0. The van der Waals surface area contributed by atoms with E-state index in [4.69, 9.17) is 4.74 Å². The normalized spacial score (nSPS) is 27.5. The fraction of sp³-hybridized carbons (Fsp3) is 0.765. The van der Waals surface area contributed by atoms with Gasteiger partial charge in [0.2, 0.25) is 17.7 Å². The minimum absolute atomic E-state index is 0.122. The Labute approximate surface area is 163 Å². The van der Waals surface area contributed by atoms with Gasteiger partial charge in [-0.1, -0.05) is 0 Å². The minimum atomic E-state index is -0.680. The van der Waals surface area contributed by atoms with Crippen LogP contribution < -0.4 is 16.0 Å². The number of amides is 4. The number of imide groups is 1. The zero-order valence-electron chi connectivity index (χ0n) is 15.9. The summed E-state index contributed by atoms with van der Waals surface area (Å²) in [6.45, 7) is 3.95. The van der Waals surface area contributed by atoms with E-state index in [0.29, 0.717) is 25.8 Å².